The Hall–Kier alpha value is 0.540. The monoisotopic (exact) mass is 438 g/mol. The zero-order valence-electron chi connectivity index (χ0n) is 11.2. The minimum atomic E-state index is -5.38. The van der Waals surface area contributed by atoms with Crippen LogP contribution in [-0.4, -0.2) is 75.5 Å². The standard InChI is InChI=1S/C6H14ClO14P3/c7-1-2(8)5(20-23(13,14)15)3(9)6(21-24(16,17)18)4(1)19-22(10,11)12/h1-6,8-9H,(H2,10,11,12)(H2,13,14,15)(H2,16,17,18)/t1-,2+,3-,4+,5+,6+/m0/s1. The molecule has 0 bridgehead atoms. The fourth-order valence-corrected chi connectivity index (χ4v) is 4.09. The van der Waals surface area contributed by atoms with Crippen molar-refractivity contribution < 1.29 is 66.8 Å². The van der Waals surface area contributed by atoms with Crippen molar-refractivity contribution in [3.8, 4) is 0 Å². The Morgan fingerprint density at radius 2 is 0.958 bits per heavy atom. The highest BCUT2D eigenvalue weighted by molar-refractivity contribution is 7.46. The minimum absolute atomic E-state index is 1.94. The minimum Gasteiger partial charge on any atom is -0.389 e. The number of hydrogen-bond acceptors (Lipinski definition) is 8. The van der Waals surface area contributed by atoms with Crippen LogP contribution in [0.5, 0.6) is 0 Å². The molecule has 144 valence electrons. The van der Waals surface area contributed by atoms with Crippen molar-refractivity contribution in [1.29, 1.82) is 0 Å². The van der Waals surface area contributed by atoms with Gasteiger partial charge in [-0.2, -0.15) is 0 Å². The van der Waals surface area contributed by atoms with Crippen LogP contribution in [0.4, 0.5) is 0 Å². The van der Waals surface area contributed by atoms with Crippen molar-refractivity contribution in [3.63, 3.8) is 0 Å². The van der Waals surface area contributed by atoms with E-state index in [0.29, 0.717) is 0 Å². The van der Waals surface area contributed by atoms with E-state index in [1.54, 1.807) is 0 Å². The summed E-state index contributed by atoms with van der Waals surface area (Å²) < 4.78 is 45.1. The zero-order chi connectivity index (χ0) is 19.1. The molecule has 0 radical (unpaired) electrons. The summed E-state index contributed by atoms with van der Waals surface area (Å²) in [5.74, 6) is 0. The third-order valence-electron chi connectivity index (χ3n) is 2.75. The van der Waals surface area contributed by atoms with Crippen LogP contribution in [0.1, 0.15) is 0 Å². The molecule has 1 rings (SSSR count). The van der Waals surface area contributed by atoms with Crippen LogP contribution in [0.25, 0.3) is 0 Å². The summed E-state index contributed by atoms with van der Waals surface area (Å²) in [5.41, 5.74) is 0. The number of hydrogen-bond donors (Lipinski definition) is 8. The Kier molecular flexibility index (Phi) is 7.20. The normalized spacial score (nSPS) is 35.9. The van der Waals surface area contributed by atoms with Crippen LogP contribution in [0.2, 0.25) is 0 Å². The molecule has 1 saturated carbocycles. The topological polar surface area (TPSA) is 241 Å². The van der Waals surface area contributed by atoms with Gasteiger partial charge in [-0.15, -0.1) is 11.6 Å². The van der Waals surface area contributed by atoms with E-state index in [2.05, 4.69) is 13.6 Å². The number of alkyl halides is 1. The van der Waals surface area contributed by atoms with E-state index in [1.165, 1.54) is 0 Å². The fourth-order valence-electron chi connectivity index (χ4n) is 1.98. The van der Waals surface area contributed by atoms with E-state index in [1.807, 2.05) is 0 Å². The summed E-state index contributed by atoms with van der Waals surface area (Å²) in [6.07, 6.45) is -11.2. The van der Waals surface area contributed by atoms with Gasteiger partial charge in [0.1, 0.15) is 30.5 Å². The van der Waals surface area contributed by atoms with Crippen LogP contribution in [0, 0.1) is 0 Å². The SMILES string of the molecule is O=P(O)(O)O[C@@H]1[C@H](O)[C@H](Cl)[C@@H](OP(=O)(O)O)[C@H](OP(=O)(O)O)[C@H]1O. The lowest BCUT2D eigenvalue weighted by Gasteiger charge is -2.44. The zero-order valence-corrected chi connectivity index (χ0v) is 14.7. The van der Waals surface area contributed by atoms with E-state index in [0.717, 1.165) is 0 Å². The van der Waals surface area contributed by atoms with Crippen molar-refractivity contribution in [2.45, 2.75) is 35.9 Å². The first-order valence-electron chi connectivity index (χ1n) is 5.74. The second-order valence-corrected chi connectivity index (χ2v) is 8.69. The summed E-state index contributed by atoms with van der Waals surface area (Å²) in [6, 6.07) is 0. The van der Waals surface area contributed by atoms with Gasteiger partial charge < -0.3 is 39.6 Å². The maximum atomic E-state index is 10.9. The predicted molar refractivity (Wildman–Crippen MR) is 72.4 cm³/mol. The summed E-state index contributed by atoms with van der Waals surface area (Å²) in [7, 11) is -16.0. The molecule has 0 unspecified atom stereocenters. The van der Waals surface area contributed by atoms with Gasteiger partial charge >= 0.3 is 23.5 Å². The number of phosphoric acid groups is 3. The Morgan fingerprint density at radius 1 is 0.625 bits per heavy atom. The molecule has 8 N–H and O–H groups in total. The van der Waals surface area contributed by atoms with E-state index in [9.17, 15) is 23.9 Å². The number of phosphoric ester groups is 3. The summed E-state index contributed by atoms with van der Waals surface area (Å²) >= 11 is 5.66. The quantitative estimate of drug-likeness (QED) is 0.161. The van der Waals surface area contributed by atoms with Gasteiger partial charge in [-0.1, -0.05) is 0 Å². The molecule has 1 fully saturated rings. The summed E-state index contributed by atoms with van der Waals surface area (Å²) in [6.45, 7) is 0. The van der Waals surface area contributed by atoms with E-state index in [4.69, 9.17) is 41.0 Å². The average Bonchev–Trinajstić information content (AvgIpc) is 2.32. The van der Waals surface area contributed by atoms with Crippen LogP contribution >= 0.6 is 35.1 Å². The highest BCUT2D eigenvalue weighted by atomic mass is 35.5. The predicted octanol–water partition coefficient (Wildman–Crippen LogP) is -2.24. The second kappa shape index (κ2) is 7.65. The molecular weight excluding hydrogens is 424 g/mol. The van der Waals surface area contributed by atoms with Gasteiger partial charge in [-0.25, -0.2) is 13.7 Å². The highest BCUT2D eigenvalue weighted by Crippen LogP contribution is 2.50. The molecule has 1 aliphatic carbocycles. The fraction of sp³-hybridized carbons (Fsp3) is 1.00. The Morgan fingerprint density at radius 3 is 1.33 bits per heavy atom. The highest BCUT2D eigenvalue weighted by Gasteiger charge is 2.56. The molecule has 1 aliphatic rings. The first kappa shape index (κ1) is 22.6. The molecule has 0 aromatic rings. The van der Waals surface area contributed by atoms with Gasteiger partial charge in [-0.05, 0) is 0 Å². The third kappa shape index (κ3) is 6.69. The lowest BCUT2D eigenvalue weighted by atomic mass is 9.87. The van der Waals surface area contributed by atoms with Gasteiger partial charge in [0, 0.05) is 0 Å². The summed E-state index contributed by atoms with van der Waals surface area (Å²) in [5, 5.41) is 17.8. The lowest BCUT2D eigenvalue weighted by Crippen LogP contribution is -2.63. The maximum Gasteiger partial charge on any atom is 0.470 e. The number of rotatable bonds is 6. The molecule has 24 heavy (non-hydrogen) atoms. The van der Waals surface area contributed by atoms with Crippen molar-refractivity contribution in [2.75, 3.05) is 0 Å². The molecule has 14 nitrogen and oxygen atoms in total. The number of halogens is 1. The first-order valence-corrected chi connectivity index (χ1v) is 10.8. The molecule has 0 spiro atoms. The molecule has 0 aromatic heterocycles. The molecule has 0 aliphatic heterocycles. The molecule has 18 heteroatoms. The number of aliphatic hydroxyl groups is 2. The second-order valence-electron chi connectivity index (χ2n) is 4.61. The molecule has 0 amide bonds. The van der Waals surface area contributed by atoms with Gasteiger partial charge in [0.2, 0.25) is 0 Å². The van der Waals surface area contributed by atoms with E-state index < -0.39 is 59.4 Å². The molecule has 6 atom stereocenters. The van der Waals surface area contributed by atoms with Crippen molar-refractivity contribution in [2.24, 2.45) is 0 Å². The van der Waals surface area contributed by atoms with Gasteiger partial charge in [-0.3, -0.25) is 13.6 Å². The van der Waals surface area contributed by atoms with Crippen molar-refractivity contribution in [3.05, 3.63) is 0 Å². The number of aliphatic hydroxyl groups excluding tert-OH is 2. The molecule has 0 aromatic carbocycles. The Labute approximate surface area is 138 Å². The maximum absolute atomic E-state index is 10.9. The van der Waals surface area contributed by atoms with Gasteiger partial charge in [0.15, 0.2) is 0 Å². The van der Waals surface area contributed by atoms with Gasteiger partial charge in [0.05, 0.1) is 5.38 Å². The van der Waals surface area contributed by atoms with E-state index >= 15 is 0 Å². The first-order chi connectivity index (χ1) is 10.5. The average molecular weight is 439 g/mol. The Bertz CT molecular complexity index is 579. The smallest absolute Gasteiger partial charge is 0.389 e. The molecule has 0 saturated heterocycles. The van der Waals surface area contributed by atoms with Gasteiger partial charge in [0.25, 0.3) is 0 Å². The summed E-state index contributed by atoms with van der Waals surface area (Å²) in [4.78, 5) is 52.7. The largest absolute Gasteiger partial charge is 0.470 e. The van der Waals surface area contributed by atoms with E-state index in [-0.39, 0.29) is 0 Å². The van der Waals surface area contributed by atoms with Crippen LogP contribution in [-0.2, 0) is 27.3 Å². The van der Waals surface area contributed by atoms with Crippen LogP contribution in [0.15, 0.2) is 0 Å². The lowest BCUT2D eigenvalue weighted by molar-refractivity contribution is -0.163. The van der Waals surface area contributed by atoms with Crippen molar-refractivity contribution in [1.82, 2.24) is 0 Å². The van der Waals surface area contributed by atoms with Crippen molar-refractivity contribution >= 4 is 35.1 Å². The Balaban J connectivity index is 3.23. The third-order valence-corrected chi connectivity index (χ3v) is 4.81. The molecule has 0 heterocycles. The molecular formula is C6H14ClO14P3. The van der Waals surface area contributed by atoms with Crippen LogP contribution < -0.4 is 0 Å². The van der Waals surface area contributed by atoms with Crippen LogP contribution in [0.3, 0.4) is 0 Å².